The first-order chi connectivity index (χ1) is 14.2. The van der Waals surface area contributed by atoms with Gasteiger partial charge in [0, 0.05) is 20.0 Å². The molecule has 10 heteroatoms. The Morgan fingerprint density at radius 2 is 2.00 bits per heavy atom. The van der Waals surface area contributed by atoms with Crippen molar-refractivity contribution in [3.05, 3.63) is 29.8 Å². The fraction of sp³-hybridized carbons (Fsp3) is 0.550. The summed E-state index contributed by atoms with van der Waals surface area (Å²) in [5.41, 5.74) is 0.956. The molecule has 2 aliphatic rings. The molecule has 3 rings (SSSR count). The van der Waals surface area contributed by atoms with Gasteiger partial charge in [-0.1, -0.05) is 17.7 Å². The molecule has 0 radical (unpaired) electrons. The van der Waals surface area contributed by atoms with E-state index in [1.807, 2.05) is 6.92 Å². The highest BCUT2D eigenvalue weighted by molar-refractivity contribution is 7.85. The molecule has 0 bridgehead atoms. The van der Waals surface area contributed by atoms with E-state index in [1.165, 1.54) is 12.1 Å². The summed E-state index contributed by atoms with van der Waals surface area (Å²) in [6.07, 6.45) is 2.81. The van der Waals surface area contributed by atoms with E-state index in [1.54, 1.807) is 24.1 Å². The lowest BCUT2D eigenvalue weighted by Crippen LogP contribution is -2.45. The Bertz CT molecular complexity index is 895. The lowest BCUT2D eigenvalue weighted by Gasteiger charge is -2.23. The summed E-state index contributed by atoms with van der Waals surface area (Å²) in [5, 5.41) is 14.8. The summed E-state index contributed by atoms with van der Waals surface area (Å²) >= 11 is 0. The third kappa shape index (κ3) is 6.52. The van der Waals surface area contributed by atoms with Gasteiger partial charge in [-0.25, -0.2) is 0 Å². The summed E-state index contributed by atoms with van der Waals surface area (Å²) in [5.74, 6) is 0.233. The Morgan fingerprint density at radius 3 is 2.57 bits per heavy atom. The molecule has 3 N–H and O–H groups in total. The fourth-order valence-electron chi connectivity index (χ4n) is 3.59. The Labute approximate surface area is 177 Å². The maximum atomic E-state index is 12.3. The van der Waals surface area contributed by atoms with Crippen LogP contribution in [0.2, 0.25) is 0 Å². The van der Waals surface area contributed by atoms with Crippen molar-refractivity contribution in [1.82, 2.24) is 15.5 Å². The van der Waals surface area contributed by atoms with Gasteiger partial charge in [0.05, 0.1) is 17.0 Å². The van der Waals surface area contributed by atoms with Gasteiger partial charge in [0.2, 0.25) is 11.8 Å². The molecule has 0 saturated carbocycles. The maximum Gasteiger partial charge on any atom is 0.294 e. The molecule has 0 aliphatic carbocycles. The number of hydrogen-bond donors (Lipinski definition) is 3. The zero-order valence-corrected chi connectivity index (χ0v) is 18.0. The number of likely N-dealkylation sites (tertiary alicyclic amines) is 1. The van der Waals surface area contributed by atoms with Crippen LogP contribution in [-0.4, -0.2) is 61.9 Å². The number of amides is 2. The summed E-state index contributed by atoms with van der Waals surface area (Å²) in [6.45, 7) is 3.21. The van der Waals surface area contributed by atoms with Crippen molar-refractivity contribution < 1.29 is 22.6 Å². The molecule has 0 aromatic heterocycles. The Hall–Kier alpha value is -2.48. The molecular weight excluding hydrogens is 408 g/mol. The van der Waals surface area contributed by atoms with Gasteiger partial charge in [0.25, 0.3) is 10.1 Å². The van der Waals surface area contributed by atoms with Crippen molar-refractivity contribution in [2.45, 2.75) is 49.6 Å². The highest BCUT2D eigenvalue weighted by Crippen LogP contribution is 2.23. The Balaban J connectivity index is 0.000000248. The fourth-order valence-corrected chi connectivity index (χ4v) is 4.07. The molecule has 0 spiro atoms. The van der Waals surface area contributed by atoms with Gasteiger partial charge in [-0.3, -0.25) is 14.1 Å². The molecule has 1 aromatic rings. The first-order valence-corrected chi connectivity index (χ1v) is 11.3. The zero-order valence-electron chi connectivity index (χ0n) is 17.2. The minimum Gasteiger partial charge on any atom is -0.359 e. The van der Waals surface area contributed by atoms with Crippen molar-refractivity contribution in [2.75, 3.05) is 20.1 Å². The number of hydrogen-bond acceptors (Lipinski definition) is 6. The van der Waals surface area contributed by atoms with Crippen molar-refractivity contribution in [1.29, 1.82) is 5.26 Å². The van der Waals surface area contributed by atoms with Crippen LogP contribution in [0.4, 0.5) is 0 Å². The van der Waals surface area contributed by atoms with E-state index in [9.17, 15) is 18.0 Å². The monoisotopic (exact) mass is 436 g/mol. The predicted molar refractivity (Wildman–Crippen MR) is 110 cm³/mol. The van der Waals surface area contributed by atoms with E-state index >= 15 is 0 Å². The number of rotatable bonds is 4. The molecular formula is C20H28N4O5S. The van der Waals surface area contributed by atoms with E-state index in [0.717, 1.165) is 18.4 Å². The predicted octanol–water partition coefficient (Wildman–Crippen LogP) is 0.857. The normalized spacial score (nSPS) is 23.3. The van der Waals surface area contributed by atoms with Crippen molar-refractivity contribution in [3.8, 4) is 6.07 Å². The molecule has 9 nitrogen and oxygen atoms in total. The van der Waals surface area contributed by atoms with Crippen LogP contribution in [-0.2, 0) is 19.7 Å². The third-order valence-corrected chi connectivity index (χ3v) is 6.14. The third-order valence-electron chi connectivity index (χ3n) is 5.28. The quantitative estimate of drug-likeness (QED) is 0.595. The standard InChI is InChI=1S/C13H20N4O2.C7H8O3S/c1-15-12(18)6-9-5-11(16-8-9)13(19)17-4-2-3-10(17)7-14;1-6-2-4-7(5-3-6)11(8,9)10/h9-11,16H,2-6,8H2,1H3,(H,15,18);2-5H,1H3,(H,8,9,10)/t9-,10+,11+;/m1./s1. The largest absolute Gasteiger partial charge is 0.359 e. The second-order valence-electron chi connectivity index (χ2n) is 7.55. The van der Waals surface area contributed by atoms with E-state index < -0.39 is 10.1 Å². The van der Waals surface area contributed by atoms with Gasteiger partial charge in [0.15, 0.2) is 0 Å². The topological polar surface area (TPSA) is 140 Å². The number of nitriles is 1. The van der Waals surface area contributed by atoms with E-state index in [-0.39, 0.29) is 34.7 Å². The number of nitrogens with one attached hydrogen (secondary N) is 2. The Morgan fingerprint density at radius 1 is 1.33 bits per heavy atom. The SMILES string of the molecule is CNC(=O)C[C@@H]1CN[C@H](C(=O)N2CCC[C@H]2C#N)C1.Cc1ccc(S(=O)(=O)O)cc1. The summed E-state index contributed by atoms with van der Waals surface area (Å²) in [7, 11) is -2.40. The summed E-state index contributed by atoms with van der Waals surface area (Å²) in [6, 6.07) is 7.67. The van der Waals surface area contributed by atoms with Gasteiger partial charge in [-0.2, -0.15) is 13.7 Å². The molecule has 30 heavy (non-hydrogen) atoms. The highest BCUT2D eigenvalue weighted by Gasteiger charge is 2.37. The lowest BCUT2D eigenvalue weighted by molar-refractivity contribution is -0.133. The number of nitrogens with zero attached hydrogens (tertiary/aromatic N) is 2. The molecule has 2 heterocycles. The molecule has 2 amide bonds. The number of aryl methyl sites for hydroxylation is 1. The smallest absolute Gasteiger partial charge is 0.294 e. The van der Waals surface area contributed by atoms with Crippen LogP contribution in [0.5, 0.6) is 0 Å². The average Bonchev–Trinajstić information content (AvgIpc) is 3.36. The molecule has 3 atom stereocenters. The van der Waals surface area contributed by atoms with E-state index in [2.05, 4.69) is 16.7 Å². The van der Waals surface area contributed by atoms with E-state index in [4.69, 9.17) is 9.81 Å². The van der Waals surface area contributed by atoms with Gasteiger partial charge in [0.1, 0.15) is 6.04 Å². The molecule has 0 unspecified atom stereocenters. The average molecular weight is 437 g/mol. The number of carbonyl (C=O) groups is 2. The molecule has 1 aromatic carbocycles. The molecule has 2 aliphatic heterocycles. The molecule has 2 saturated heterocycles. The number of carbonyl (C=O) groups excluding carboxylic acids is 2. The van der Waals surface area contributed by atoms with Crippen LogP contribution < -0.4 is 10.6 Å². The molecule has 164 valence electrons. The minimum atomic E-state index is -4.02. The van der Waals surface area contributed by atoms with Gasteiger partial charge < -0.3 is 15.5 Å². The van der Waals surface area contributed by atoms with Gasteiger partial charge in [-0.05, 0) is 50.8 Å². The van der Waals surface area contributed by atoms with Crippen molar-refractivity contribution >= 4 is 21.9 Å². The minimum absolute atomic E-state index is 0.0102. The van der Waals surface area contributed by atoms with E-state index in [0.29, 0.717) is 25.9 Å². The van der Waals surface area contributed by atoms with Crippen LogP contribution in [0.1, 0.15) is 31.2 Å². The lowest BCUT2D eigenvalue weighted by atomic mass is 10.0. The van der Waals surface area contributed by atoms with Gasteiger partial charge in [-0.15, -0.1) is 0 Å². The van der Waals surface area contributed by atoms with Crippen molar-refractivity contribution in [2.24, 2.45) is 5.92 Å². The first kappa shape index (κ1) is 23.8. The first-order valence-electron chi connectivity index (χ1n) is 9.84. The maximum absolute atomic E-state index is 12.3. The second-order valence-corrected chi connectivity index (χ2v) is 8.97. The highest BCUT2D eigenvalue weighted by atomic mass is 32.2. The van der Waals surface area contributed by atoms with Crippen LogP contribution in [0.3, 0.4) is 0 Å². The summed E-state index contributed by atoms with van der Waals surface area (Å²) < 4.78 is 29.6. The van der Waals surface area contributed by atoms with Crippen LogP contribution in [0.15, 0.2) is 29.2 Å². The molecule has 2 fully saturated rings. The second kappa shape index (κ2) is 10.5. The van der Waals surface area contributed by atoms with Crippen LogP contribution in [0.25, 0.3) is 0 Å². The number of benzene rings is 1. The van der Waals surface area contributed by atoms with Crippen LogP contribution >= 0.6 is 0 Å². The van der Waals surface area contributed by atoms with Crippen LogP contribution in [0, 0.1) is 24.2 Å². The summed E-state index contributed by atoms with van der Waals surface area (Å²) in [4.78, 5) is 25.3. The van der Waals surface area contributed by atoms with Crippen molar-refractivity contribution in [3.63, 3.8) is 0 Å². The van der Waals surface area contributed by atoms with Gasteiger partial charge >= 0.3 is 0 Å². The zero-order chi connectivity index (χ0) is 22.3. The Kier molecular flexibility index (Phi) is 8.34.